The predicted octanol–water partition coefficient (Wildman–Crippen LogP) is 6.25. The SMILES string of the molecule is COc1ccc(/C=C/C(=O)c2cccs2)cc1COc1cccc(C(F)(F)F)c1. The summed E-state index contributed by atoms with van der Waals surface area (Å²) in [4.78, 5) is 12.7. The van der Waals surface area contributed by atoms with Crippen LogP contribution in [-0.4, -0.2) is 12.9 Å². The first kappa shape index (κ1) is 20.7. The van der Waals surface area contributed by atoms with E-state index in [1.807, 2.05) is 11.4 Å². The molecule has 3 rings (SSSR count). The van der Waals surface area contributed by atoms with Gasteiger partial charge < -0.3 is 9.47 Å². The third kappa shape index (κ3) is 5.48. The molecule has 7 heteroatoms. The fourth-order valence-corrected chi connectivity index (χ4v) is 3.26. The quantitative estimate of drug-likeness (QED) is 0.336. The molecule has 2 aromatic carbocycles. The standard InChI is InChI=1S/C22H17F3O3S/c1-27-20-10-8-15(7-9-19(26)21-6-3-11-29-21)12-16(20)14-28-18-5-2-4-17(13-18)22(23,24)25/h2-13H,14H2,1H3/b9-7+. The van der Waals surface area contributed by atoms with E-state index in [-0.39, 0.29) is 18.1 Å². The molecule has 0 N–H and O–H groups in total. The normalized spacial score (nSPS) is 11.6. The fourth-order valence-electron chi connectivity index (χ4n) is 2.61. The van der Waals surface area contributed by atoms with E-state index in [2.05, 4.69) is 0 Å². The number of alkyl halides is 3. The Morgan fingerprint density at radius 2 is 1.93 bits per heavy atom. The van der Waals surface area contributed by atoms with Gasteiger partial charge in [-0.1, -0.05) is 24.3 Å². The second kappa shape index (κ2) is 8.96. The minimum Gasteiger partial charge on any atom is -0.496 e. The topological polar surface area (TPSA) is 35.5 Å². The Balaban J connectivity index is 1.75. The summed E-state index contributed by atoms with van der Waals surface area (Å²) >= 11 is 1.36. The van der Waals surface area contributed by atoms with Crippen LogP contribution in [0.25, 0.3) is 6.08 Å². The second-order valence-electron chi connectivity index (χ2n) is 6.06. The lowest BCUT2D eigenvalue weighted by Gasteiger charge is -2.13. The summed E-state index contributed by atoms with van der Waals surface area (Å²) in [5.74, 6) is 0.548. The number of benzene rings is 2. The largest absolute Gasteiger partial charge is 0.496 e. The monoisotopic (exact) mass is 418 g/mol. The number of allylic oxidation sites excluding steroid dienone is 1. The summed E-state index contributed by atoms with van der Waals surface area (Å²) in [6, 6.07) is 13.5. The molecule has 0 aliphatic rings. The maximum atomic E-state index is 12.8. The zero-order valence-electron chi connectivity index (χ0n) is 15.4. The highest BCUT2D eigenvalue weighted by Gasteiger charge is 2.30. The van der Waals surface area contributed by atoms with Crippen LogP contribution in [0.2, 0.25) is 0 Å². The van der Waals surface area contributed by atoms with Gasteiger partial charge in [-0.2, -0.15) is 13.2 Å². The summed E-state index contributed by atoms with van der Waals surface area (Å²) in [5, 5.41) is 1.83. The van der Waals surface area contributed by atoms with Crippen LogP contribution in [0.4, 0.5) is 13.2 Å². The van der Waals surface area contributed by atoms with Gasteiger partial charge in [0.1, 0.15) is 18.1 Å². The van der Waals surface area contributed by atoms with Crippen molar-refractivity contribution in [1.82, 2.24) is 0 Å². The van der Waals surface area contributed by atoms with Crippen LogP contribution >= 0.6 is 11.3 Å². The van der Waals surface area contributed by atoms with Gasteiger partial charge in [-0.3, -0.25) is 4.79 Å². The molecule has 0 radical (unpaired) electrons. The van der Waals surface area contributed by atoms with E-state index in [4.69, 9.17) is 9.47 Å². The van der Waals surface area contributed by atoms with Crippen LogP contribution in [0.15, 0.2) is 66.1 Å². The van der Waals surface area contributed by atoms with E-state index in [1.54, 1.807) is 30.3 Å². The van der Waals surface area contributed by atoms with Crippen molar-refractivity contribution in [3.63, 3.8) is 0 Å². The smallest absolute Gasteiger partial charge is 0.416 e. The van der Waals surface area contributed by atoms with Gasteiger partial charge in [0.15, 0.2) is 5.78 Å². The Kier molecular flexibility index (Phi) is 6.39. The number of ketones is 1. The number of hydrogen-bond donors (Lipinski definition) is 0. The molecule has 29 heavy (non-hydrogen) atoms. The van der Waals surface area contributed by atoms with Crippen LogP contribution in [0.5, 0.6) is 11.5 Å². The molecule has 0 saturated carbocycles. The van der Waals surface area contributed by atoms with Crippen molar-refractivity contribution >= 4 is 23.2 Å². The van der Waals surface area contributed by atoms with Crippen molar-refractivity contribution < 1.29 is 27.4 Å². The highest BCUT2D eigenvalue weighted by molar-refractivity contribution is 7.12. The second-order valence-corrected chi connectivity index (χ2v) is 7.01. The molecule has 3 aromatic rings. The summed E-state index contributed by atoms with van der Waals surface area (Å²) in [5.41, 5.74) is 0.625. The van der Waals surface area contributed by atoms with E-state index in [1.165, 1.54) is 36.7 Å². The van der Waals surface area contributed by atoms with E-state index in [9.17, 15) is 18.0 Å². The Hall–Kier alpha value is -3.06. The minimum atomic E-state index is -4.43. The van der Waals surface area contributed by atoms with E-state index < -0.39 is 11.7 Å². The molecule has 1 aromatic heterocycles. The van der Waals surface area contributed by atoms with Gasteiger partial charge in [0.25, 0.3) is 0 Å². The van der Waals surface area contributed by atoms with Crippen molar-refractivity contribution in [2.75, 3.05) is 7.11 Å². The van der Waals surface area contributed by atoms with Gasteiger partial charge in [-0.25, -0.2) is 0 Å². The molecule has 0 spiro atoms. The molecule has 0 aliphatic carbocycles. The van der Waals surface area contributed by atoms with Crippen LogP contribution < -0.4 is 9.47 Å². The lowest BCUT2D eigenvalue weighted by Crippen LogP contribution is -2.05. The van der Waals surface area contributed by atoms with Gasteiger partial charge in [-0.05, 0) is 53.4 Å². The predicted molar refractivity (Wildman–Crippen MR) is 106 cm³/mol. The number of rotatable bonds is 7. The van der Waals surface area contributed by atoms with Gasteiger partial charge in [-0.15, -0.1) is 11.3 Å². The first-order chi connectivity index (χ1) is 13.9. The van der Waals surface area contributed by atoms with Gasteiger partial charge in [0, 0.05) is 5.56 Å². The van der Waals surface area contributed by atoms with Crippen molar-refractivity contribution in [2.24, 2.45) is 0 Å². The Morgan fingerprint density at radius 3 is 2.62 bits per heavy atom. The minimum absolute atomic E-state index is 0.0189. The highest BCUT2D eigenvalue weighted by Crippen LogP contribution is 2.32. The van der Waals surface area contributed by atoms with Crippen LogP contribution in [0.1, 0.15) is 26.4 Å². The molecule has 0 bridgehead atoms. The molecule has 0 amide bonds. The van der Waals surface area contributed by atoms with Crippen molar-refractivity contribution in [3.05, 3.63) is 87.6 Å². The molecule has 150 valence electrons. The molecule has 0 aliphatic heterocycles. The molecular formula is C22H17F3O3S. The fraction of sp³-hybridized carbons (Fsp3) is 0.136. The molecule has 0 saturated heterocycles. The summed E-state index contributed by atoms with van der Waals surface area (Å²) in [7, 11) is 1.50. The van der Waals surface area contributed by atoms with Crippen LogP contribution in [-0.2, 0) is 12.8 Å². The summed E-state index contributed by atoms with van der Waals surface area (Å²) in [6.45, 7) is 0.0189. The van der Waals surface area contributed by atoms with Gasteiger partial charge >= 0.3 is 6.18 Å². The van der Waals surface area contributed by atoms with Crippen molar-refractivity contribution in [2.45, 2.75) is 12.8 Å². The van der Waals surface area contributed by atoms with Gasteiger partial charge in [0.2, 0.25) is 0 Å². The Morgan fingerprint density at radius 1 is 1.10 bits per heavy atom. The lowest BCUT2D eigenvalue weighted by molar-refractivity contribution is -0.137. The molecule has 3 nitrogen and oxygen atoms in total. The van der Waals surface area contributed by atoms with Crippen molar-refractivity contribution in [1.29, 1.82) is 0 Å². The van der Waals surface area contributed by atoms with Crippen molar-refractivity contribution in [3.8, 4) is 11.5 Å². The zero-order valence-corrected chi connectivity index (χ0v) is 16.2. The molecular weight excluding hydrogens is 401 g/mol. The third-order valence-corrected chi connectivity index (χ3v) is 4.94. The maximum absolute atomic E-state index is 12.8. The molecule has 0 fully saturated rings. The average molecular weight is 418 g/mol. The summed E-state index contributed by atoms with van der Waals surface area (Å²) < 4.78 is 49.4. The van der Waals surface area contributed by atoms with Crippen LogP contribution in [0, 0.1) is 0 Å². The number of methoxy groups -OCH3 is 1. The molecule has 0 atom stereocenters. The van der Waals surface area contributed by atoms with Crippen LogP contribution in [0.3, 0.4) is 0 Å². The number of halogens is 3. The number of hydrogen-bond acceptors (Lipinski definition) is 4. The first-order valence-electron chi connectivity index (χ1n) is 8.60. The van der Waals surface area contributed by atoms with E-state index in [0.29, 0.717) is 16.2 Å². The lowest BCUT2D eigenvalue weighted by atomic mass is 10.1. The number of ether oxygens (including phenoxy) is 2. The van der Waals surface area contributed by atoms with Gasteiger partial charge in [0.05, 0.1) is 17.6 Å². The molecule has 0 unspecified atom stereocenters. The van der Waals surface area contributed by atoms with E-state index in [0.717, 1.165) is 17.7 Å². The highest BCUT2D eigenvalue weighted by atomic mass is 32.1. The third-order valence-electron chi connectivity index (χ3n) is 4.05. The number of carbonyl (C=O) groups excluding carboxylic acids is 1. The Labute approximate surface area is 170 Å². The summed E-state index contributed by atoms with van der Waals surface area (Å²) in [6.07, 6.45) is -1.28. The maximum Gasteiger partial charge on any atom is 0.416 e. The number of thiophene rings is 1. The Bertz CT molecular complexity index is 1010. The number of carbonyl (C=O) groups is 1. The average Bonchev–Trinajstić information content (AvgIpc) is 3.25. The first-order valence-corrected chi connectivity index (χ1v) is 9.47. The zero-order chi connectivity index (χ0) is 20.9. The van der Waals surface area contributed by atoms with E-state index >= 15 is 0 Å². The molecule has 1 heterocycles.